The first-order valence-electron chi connectivity index (χ1n) is 8.63. The normalized spacial score (nSPS) is 15.8. The summed E-state index contributed by atoms with van der Waals surface area (Å²) in [6.45, 7) is 11.5. The molecule has 0 bridgehead atoms. The van der Waals surface area contributed by atoms with Gasteiger partial charge in [-0.05, 0) is 50.6 Å². The van der Waals surface area contributed by atoms with Gasteiger partial charge in [0.05, 0.1) is 0 Å². The molecule has 0 spiro atoms. The van der Waals surface area contributed by atoms with Crippen LogP contribution in [0.1, 0.15) is 53.9 Å². The number of nitrogens with one attached hydrogen (secondary N) is 1. The van der Waals surface area contributed by atoms with Gasteiger partial charge in [0.1, 0.15) is 17.8 Å². The Morgan fingerprint density at radius 2 is 1.74 bits per heavy atom. The van der Waals surface area contributed by atoms with Crippen LogP contribution in [-0.4, -0.2) is 17.6 Å². The Balaban J connectivity index is 0.000000377. The molecule has 1 N–H and O–H groups in total. The van der Waals surface area contributed by atoms with Crippen LogP contribution in [0.3, 0.4) is 0 Å². The summed E-state index contributed by atoms with van der Waals surface area (Å²) in [5.74, 6) is -0.248. The zero-order valence-electron chi connectivity index (χ0n) is 15.1. The van der Waals surface area contributed by atoms with Gasteiger partial charge in [0.25, 0.3) is 0 Å². The van der Waals surface area contributed by atoms with Crippen LogP contribution in [0.4, 0.5) is 4.39 Å². The lowest BCUT2D eigenvalue weighted by Crippen LogP contribution is -2.30. The summed E-state index contributed by atoms with van der Waals surface area (Å²) >= 11 is 0. The minimum Gasteiger partial charge on any atom is -0.451 e. The van der Waals surface area contributed by atoms with Crippen LogP contribution in [0.2, 0.25) is 0 Å². The third kappa shape index (κ3) is 9.14. The van der Waals surface area contributed by atoms with Crippen LogP contribution in [0.25, 0.3) is 11.3 Å². The zero-order valence-corrected chi connectivity index (χ0v) is 15.1. The minimum absolute atomic E-state index is 0.248. The van der Waals surface area contributed by atoms with E-state index in [9.17, 15) is 4.39 Å². The van der Waals surface area contributed by atoms with Gasteiger partial charge in [-0.15, -0.1) is 0 Å². The van der Waals surface area contributed by atoms with Crippen LogP contribution >= 0.6 is 0 Å². The maximum Gasteiger partial charge on any atom is 0.181 e. The monoisotopic (exact) mass is 322 g/mol. The highest BCUT2D eigenvalue weighted by molar-refractivity contribution is 5.56. The fraction of sp³-hybridized carbons (Fsp3) is 0.526. The average molecular weight is 322 g/mol. The van der Waals surface area contributed by atoms with Crippen LogP contribution in [0, 0.1) is 5.82 Å². The lowest BCUT2D eigenvalue weighted by atomic mass is 10.1. The van der Waals surface area contributed by atoms with Gasteiger partial charge >= 0.3 is 0 Å². The number of oxazole rings is 1. The number of halogens is 1. The van der Waals surface area contributed by atoms with Gasteiger partial charge in [0.2, 0.25) is 0 Å². The standard InChI is InChI=1S/C9H6FNO.C6H13N.2C2H6/c10-8-3-1-7(2-4-8)9-5-12-6-11-9;1-6-4-2-3-5-7-6;2*1-2/h1-6H;6-7H,2-5H2,1H3;2*1-2H3/t;6-;;/m.1../s1. The molecular formula is C19H31FN2O. The summed E-state index contributed by atoms with van der Waals surface area (Å²) < 4.78 is 17.3. The largest absolute Gasteiger partial charge is 0.451 e. The fourth-order valence-electron chi connectivity index (χ4n) is 2.00. The highest BCUT2D eigenvalue weighted by atomic mass is 19.1. The molecule has 2 heterocycles. The lowest BCUT2D eigenvalue weighted by molar-refractivity contribution is 0.425. The van der Waals surface area contributed by atoms with E-state index in [1.807, 2.05) is 27.7 Å². The van der Waals surface area contributed by atoms with Gasteiger partial charge in [-0.1, -0.05) is 34.1 Å². The minimum atomic E-state index is -0.248. The van der Waals surface area contributed by atoms with Crippen LogP contribution in [0.5, 0.6) is 0 Å². The van der Waals surface area contributed by atoms with Crippen LogP contribution in [0.15, 0.2) is 41.3 Å². The van der Waals surface area contributed by atoms with E-state index in [1.54, 1.807) is 12.1 Å². The molecule has 23 heavy (non-hydrogen) atoms. The molecule has 4 heteroatoms. The topological polar surface area (TPSA) is 38.1 Å². The van der Waals surface area contributed by atoms with Crippen molar-refractivity contribution in [1.82, 2.24) is 10.3 Å². The molecule has 3 nitrogen and oxygen atoms in total. The van der Waals surface area contributed by atoms with Crippen molar-refractivity contribution in [2.75, 3.05) is 6.54 Å². The van der Waals surface area contributed by atoms with E-state index in [4.69, 9.17) is 4.42 Å². The molecule has 1 aromatic heterocycles. The smallest absolute Gasteiger partial charge is 0.181 e. The molecule has 3 rings (SSSR count). The summed E-state index contributed by atoms with van der Waals surface area (Å²) in [5, 5.41) is 3.38. The number of aromatic nitrogens is 1. The van der Waals surface area contributed by atoms with Crippen molar-refractivity contribution in [3.8, 4) is 11.3 Å². The maximum atomic E-state index is 12.5. The summed E-state index contributed by atoms with van der Waals surface area (Å²) in [4.78, 5) is 3.93. The third-order valence-corrected chi connectivity index (χ3v) is 3.13. The van der Waals surface area contributed by atoms with E-state index in [1.165, 1.54) is 50.6 Å². The highest BCUT2D eigenvalue weighted by Crippen LogP contribution is 2.16. The summed E-state index contributed by atoms with van der Waals surface area (Å²) in [5.41, 5.74) is 1.57. The van der Waals surface area contributed by atoms with Crippen molar-refractivity contribution >= 4 is 0 Å². The van der Waals surface area contributed by atoms with Gasteiger partial charge in [0, 0.05) is 11.6 Å². The van der Waals surface area contributed by atoms with Crippen molar-refractivity contribution in [2.45, 2.75) is 59.9 Å². The summed E-state index contributed by atoms with van der Waals surface area (Å²) in [6, 6.07) is 6.89. The lowest BCUT2D eigenvalue weighted by Gasteiger charge is -2.18. The van der Waals surface area contributed by atoms with Crippen molar-refractivity contribution in [3.63, 3.8) is 0 Å². The molecule has 1 aliphatic heterocycles. The summed E-state index contributed by atoms with van der Waals surface area (Å²) in [7, 11) is 0. The molecule has 0 radical (unpaired) electrons. The van der Waals surface area contributed by atoms with Crippen molar-refractivity contribution in [2.24, 2.45) is 0 Å². The van der Waals surface area contributed by atoms with Crippen LogP contribution < -0.4 is 5.32 Å². The van der Waals surface area contributed by atoms with E-state index in [0.29, 0.717) is 0 Å². The second kappa shape index (κ2) is 13.9. The van der Waals surface area contributed by atoms with Crippen LogP contribution in [-0.2, 0) is 0 Å². The average Bonchev–Trinajstić information content (AvgIpc) is 3.15. The van der Waals surface area contributed by atoms with Gasteiger partial charge in [-0.25, -0.2) is 9.37 Å². The second-order valence-corrected chi connectivity index (χ2v) is 4.73. The first-order valence-corrected chi connectivity index (χ1v) is 8.63. The van der Waals surface area contributed by atoms with Crippen molar-refractivity contribution in [3.05, 3.63) is 42.7 Å². The molecule has 1 aliphatic rings. The molecule has 130 valence electrons. The van der Waals surface area contributed by atoms with E-state index in [2.05, 4.69) is 17.2 Å². The van der Waals surface area contributed by atoms with E-state index >= 15 is 0 Å². The quantitative estimate of drug-likeness (QED) is 0.734. The van der Waals surface area contributed by atoms with E-state index in [0.717, 1.165) is 17.3 Å². The van der Waals surface area contributed by atoms with Crippen molar-refractivity contribution < 1.29 is 8.81 Å². The number of hydrogen-bond donors (Lipinski definition) is 1. The highest BCUT2D eigenvalue weighted by Gasteiger charge is 2.04. The van der Waals surface area contributed by atoms with Gasteiger partial charge in [0.15, 0.2) is 6.39 Å². The van der Waals surface area contributed by atoms with E-state index in [-0.39, 0.29) is 5.82 Å². The third-order valence-electron chi connectivity index (χ3n) is 3.13. The van der Waals surface area contributed by atoms with Gasteiger partial charge in [-0.2, -0.15) is 0 Å². The predicted octanol–water partition coefficient (Wildman–Crippen LogP) is 5.68. The molecule has 1 fully saturated rings. The maximum absolute atomic E-state index is 12.5. The Kier molecular flexibility index (Phi) is 12.9. The number of piperidine rings is 1. The Hall–Kier alpha value is -1.68. The summed E-state index contributed by atoms with van der Waals surface area (Å²) in [6.07, 6.45) is 7.05. The number of hydrogen-bond acceptors (Lipinski definition) is 3. The Labute approximate surface area is 140 Å². The second-order valence-electron chi connectivity index (χ2n) is 4.73. The zero-order chi connectivity index (χ0) is 17.5. The molecule has 0 unspecified atom stereocenters. The molecule has 1 aromatic carbocycles. The molecular weight excluding hydrogens is 291 g/mol. The first-order chi connectivity index (χ1) is 11.3. The molecule has 0 saturated carbocycles. The fourth-order valence-corrected chi connectivity index (χ4v) is 2.00. The SMILES string of the molecule is CC.CC.C[C@@H]1CCCCN1.Fc1ccc(-c2cocn2)cc1. The molecule has 1 saturated heterocycles. The molecule has 0 amide bonds. The molecule has 0 aliphatic carbocycles. The Morgan fingerprint density at radius 3 is 2.13 bits per heavy atom. The van der Waals surface area contributed by atoms with Gasteiger partial charge in [-0.3, -0.25) is 0 Å². The molecule has 1 atom stereocenters. The first kappa shape index (κ1) is 21.3. The van der Waals surface area contributed by atoms with E-state index < -0.39 is 0 Å². The van der Waals surface area contributed by atoms with Gasteiger partial charge < -0.3 is 9.73 Å². The number of benzene rings is 1. The predicted molar refractivity (Wildman–Crippen MR) is 95.9 cm³/mol. The van der Waals surface area contributed by atoms with Crippen molar-refractivity contribution in [1.29, 1.82) is 0 Å². The Morgan fingerprint density at radius 1 is 1.09 bits per heavy atom. The molecule has 2 aromatic rings. The number of rotatable bonds is 1. The Bertz CT molecular complexity index is 463. The number of nitrogens with zero attached hydrogens (tertiary/aromatic N) is 1.